The second-order valence-electron chi connectivity index (χ2n) is 3.75. The van der Waals surface area contributed by atoms with Gasteiger partial charge in [0.25, 0.3) is 0 Å². The SMILES string of the molecule is O=C(O)C1CC1C1CCCCO1. The van der Waals surface area contributed by atoms with Gasteiger partial charge in [-0.25, -0.2) is 0 Å². The van der Waals surface area contributed by atoms with E-state index in [0.29, 0.717) is 5.92 Å². The standard InChI is InChI=1S/C9H14O3/c10-9(11)7-5-6(7)8-3-1-2-4-12-8/h6-8H,1-5H2,(H,10,11). The van der Waals surface area contributed by atoms with E-state index in [4.69, 9.17) is 9.84 Å². The Kier molecular flexibility index (Phi) is 2.05. The van der Waals surface area contributed by atoms with Crippen molar-refractivity contribution in [2.75, 3.05) is 6.61 Å². The maximum Gasteiger partial charge on any atom is 0.306 e. The first-order chi connectivity index (χ1) is 5.79. The molecule has 3 atom stereocenters. The minimum atomic E-state index is -0.644. The molecule has 1 N–H and O–H groups in total. The maximum atomic E-state index is 10.6. The van der Waals surface area contributed by atoms with E-state index in [1.807, 2.05) is 0 Å². The summed E-state index contributed by atoms with van der Waals surface area (Å²) in [5.74, 6) is -0.426. The molecular weight excluding hydrogens is 156 g/mol. The summed E-state index contributed by atoms with van der Waals surface area (Å²) in [5, 5.41) is 8.70. The van der Waals surface area contributed by atoms with Crippen molar-refractivity contribution < 1.29 is 14.6 Å². The first kappa shape index (κ1) is 8.05. The highest BCUT2D eigenvalue weighted by Crippen LogP contribution is 2.44. The van der Waals surface area contributed by atoms with Gasteiger partial charge >= 0.3 is 5.97 Å². The fourth-order valence-electron chi connectivity index (χ4n) is 2.01. The van der Waals surface area contributed by atoms with Crippen LogP contribution in [-0.4, -0.2) is 23.8 Å². The van der Waals surface area contributed by atoms with Crippen LogP contribution in [0.1, 0.15) is 25.7 Å². The summed E-state index contributed by atoms with van der Waals surface area (Å²) in [6, 6.07) is 0. The quantitative estimate of drug-likeness (QED) is 0.679. The van der Waals surface area contributed by atoms with Gasteiger partial charge in [0.05, 0.1) is 12.0 Å². The predicted octanol–water partition coefficient (Wildman–Crippen LogP) is 1.28. The molecule has 1 aliphatic carbocycles. The van der Waals surface area contributed by atoms with Gasteiger partial charge in [-0.15, -0.1) is 0 Å². The summed E-state index contributed by atoms with van der Waals surface area (Å²) >= 11 is 0. The van der Waals surface area contributed by atoms with E-state index < -0.39 is 5.97 Å². The predicted molar refractivity (Wildman–Crippen MR) is 42.8 cm³/mol. The van der Waals surface area contributed by atoms with E-state index in [1.165, 1.54) is 6.42 Å². The van der Waals surface area contributed by atoms with Crippen LogP contribution in [-0.2, 0) is 9.53 Å². The first-order valence-electron chi connectivity index (χ1n) is 4.63. The fraction of sp³-hybridized carbons (Fsp3) is 0.889. The van der Waals surface area contributed by atoms with Crippen LogP contribution in [0.2, 0.25) is 0 Å². The van der Waals surface area contributed by atoms with Gasteiger partial charge in [0, 0.05) is 6.61 Å². The van der Waals surface area contributed by atoms with Crippen molar-refractivity contribution in [3.8, 4) is 0 Å². The largest absolute Gasteiger partial charge is 0.481 e. The third kappa shape index (κ3) is 1.46. The minimum Gasteiger partial charge on any atom is -0.481 e. The zero-order valence-electron chi connectivity index (χ0n) is 7.03. The number of ether oxygens (including phenoxy) is 1. The summed E-state index contributed by atoms with van der Waals surface area (Å²) in [5.41, 5.74) is 0. The Labute approximate surface area is 71.7 Å². The van der Waals surface area contributed by atoms with E-state index in [2.05, 4.69) is 0 Å². The molecule has 3 nitrogen and oxygen atoms in total. The average molecular weight is 170 g/mol. The summed E-state index contributed by atoms with van der Waals surface area (Å²) in [6.45, 7) is 0.827. The van der Waals surface area contributed by atoms with Crippen molar-refractivity contribution in [3.05, 3.63) is 0 Å². The van der Waals surface area contributed by atoms with E-state index >= 15 is 0 Å². The third-order valence-electron chi connectivity index (χ3n) is 2.85. The van der Waals surface area contributed by atoms with Crippen LogP contribution in [0.5, 0.6) is 0 Å². The van der Waals surface area contributed by atoms with Gasteiger partial charge in [0.1, 0.15) is 0 Å². The first-order valence-corrected chi connectivity index (χ1v) is 4.63. The molecule has 1 heterocycles. The van der Waals surface area contributed by atoms with Gasteiger partial charge < -0.3 is 9.84 Å². The molecule has 0 aromatic rings. The van der Waals surface area contributed by atoms with Gasteiger partial charge in [0.15, 0.2) is 0 Å². The summed E-state index contributed by atoms with van der Waals surface area (Å²) in [4.78, 5) is 10.6. The van der Waals surface area contributed by atoms with Crippen LogP contribution < -0.4 is 0 Å². The van der Waals surface area contributed by atoms with Crippen molar-refractivity contribution in [2.24, 2.45) is 11.8 Å². The van der Waals surface area contributed by atoms with Gasteiger partial charge in [-0.1, -0.05) is 0 Å². The number of hydrogen-bond acceptors (Lipinski definition) is 2. The smallest absolute Gasteiger partial charge is 0.306 e. The van der Waals surface area contributed by atoms with E-state index in [-0.39, 0.29) is 12.0 Å². The second-order valence-corrected chi connectivity index (χ2v) is 3.75. The highest BCUT2D eigenvalue weighted by atomic mass is 16.5. The molecule has 1 saturated carbocycles. The molecule has 0 aromatic heterocycles. The fourth-order valence-corrected chi connectivity index (χ4v) is 2.01. The molecule has 0 aromatic carbocycles. The van der Waals surface area contributed by atoms with E-state index in [0.717, 1.165) is 25.9 Å². The Hall–Kier alpha value is -0.570. The molecule has 0 radical (unpaired) electrons. The topological polar surface area (TPSA) is 46.5 Å². The minimum absolute atomic E-state index is 0.104. The van der Waals surface area contributed by atoms with Crippen LogP contribution in [0.15, 0.2) is 0 Å². The van der Waals surface area contributed by atoms with Crippen molar-refractivity contribution in [1.29, 1.82) is 0 Å². The molecule has 3 unspecified atom stereocenters. The van der Waals surface area contributed by atoms with Gasteiger partial charge in [-0.2, -0.15) is 0 Å². The molecule has 0 bridgehead atoms. The number of rotatable bonds is 2. The molecule has 2 rings (SSSR count). The second kappa shape index (κ2) is 3.05. The summed E-state index contributed by atoms with van der Waals surface area (Å²) in [6.07, 6.45) is 4.49. The molecule has 0 spiro atoms. The van der Waals surface area contributed by atoms with Crippen molar-refractivity contribution in [2.45, 2.75) is 31.8 Å². The lowest BCUT2D eigenvalue weighted by molar-refractivity contribution is -0.139. The van der Waals surface area contributed by atoms with Crippen molar-refractivity contribution in [3.63, 3.8) is 0 Å². The highest BCUT2D eigenvalue weighted by molar-refractivity contribution is 5.73. The maximum absolute atomic E-state index is 10.6. The van der Waals surface area contributed by atoms with Gasteiger partial charge in [0.2, 0.25) is 0 Å². The number of carboxylic acids is 1. The molecule has 3 heteroatoms. The van der Waals surface area contributed by atoms with Crippen molar-refractivity contribution in [1.82, 2.24) is 0 Å². The Bertz CT molecular complexity index is 184. The molecule has 2 fully saturated rings. The van der Waals surface area contributed by atoms with Crippen LogP contribution in [0.25, 0.3) is 0 Å². The van der Waals surface area contributed by atoms with E-state index in [9.17, 15) is 4.79 Å². The molecular formula is C9H14O3. The number of aliphatic carboxylic acids is 1. The molecule has 12 heavy (non-hydrogen) atoms. The average Bonchev–Trinajstić information content (AvgIpc) is 2.84. The normalized spacial score (nSPS) is 40.8. The summed E-state index contributed by atoms with van der Waals surface area (Å²) in [7, 11) is 0. The van der Waals surface area contributed by atoms with Crippen LogP contribution in [0.3, 0.4) is 0 Å². The monoisotopic (exact) mass is 170 g/mol. The number of carboxylic acid groups (broad SMARTS) is 1. The van der Waals surface area contributed by atoms with Crippen LogP contribution in [0, 0.1) is 11.8 Å². The highest BCUT2D eigenvalue weighted by Gasteiger charge is 2.48. The lowest BCUT2D eigenvalue weighted by Crippen LogP contribution is -2.22. The number of hydrogen-bond donors (Lipinski definition) is 1. The Morgan fingerprint density at radius 3 is 2.75 bits per heavy atom. The molecule has 1 aliphatic heterocycles. The Morgan fingerprint density at radius 2 is 2.25 bits per heavy atom. The Morgan fingerprint density at radius 1 is 1.42 bits per heavy atom. The van der Waals surface area contributed by atoms with Gasteiger partial charge in [-0.05, 0) is 31.6 Å². The summed E-state index contributed by atoms with van der Waals surface area (Å²) < 4.78 is 5.52. The Balaban J connectivity index is 1.83. The number of carbonyl (C=O) groups is 1. The molecule has 1 saturated heterocycles. The molecule has 2 aliphatic rings. The molecule has 0 amide bonds. The molecule has 68 valence electrons. The zero-order valence-corrected chi connectivity index (χ0v) is 7.03. The van der Waals surface area contributed by atoms with E-state index in [1.54, 1.807) is 0 Å². The van der Waals surface area contributed by atoms with Gasteiger partial charge in [-0.3, -0.25) is 4.79 Å². The van der Waals surface area contributed by atoms with Crippen LogP contribution in [0.4, 0.5) is 0 Å². The lowest BCUT2D eigenvalue weighted by Gasteiger charge is -2.22. The third-order valence-corrected chi connectivity index (χ3v) is 2.85. The lowest BCUT2D eigenvalue weighted by atomic mass is 10.0. The zero-order chi connectivity index (χ0) is 8.55. The van der Waals surface area contributed by atoms with Crippen molar-refractivity contribution >= 4 is 5.97 Å². The van der Waals surface area contributed by atoms with Crippen LogP contribution >= 0.6 is 0 Å².